The Bertz CT molecular complexity index is 840. The molecular formula is C22H28O6S. The van der Waals surface area contributed by atoms with E-state index in [4.69, 9.17) is 18.4 Å². The molecule has 29 heavy (non-hydrogen) atoms. The quantitative estimate of drug-likeness (QED) is 0.546. The van der Waals surface area contributed by atoms with Crippen molar-refractivity contribution in [3.8, 4) is 11.5 Å². The fourth-order valence-electron chi connectivity index (χ4n) is 3.04. The summed E-state index contributed by atoms with van der Waals surface area (Å²) in [7, 11) is -3.39. The average molecular weight is 421 g/mol. The smallest absolute Gasteiger partial charge is 0.264 e. The second kappa shape index (κ2) is 10.6. The SMILES string of the molecule is CS(=O)(=O)OCCc1ccc(OCCc2ccc(OC3CCCCO3)cc2)cc1. The number of hydrogen-bond acceptors (Lipinski definition) is 6. The lowest BCUT2D eigenvalue weighted by molar-refractivity contribution is -0.105. The summed E-state index contributed by atoms with van der Waals surface area (Å²) in [6, 6.07) is 15.6. The Hall–Kier alpha value is -2.09. The van der Waals surface area contributed by atoms with E-state index in [0.717, 1.165) is 55.6 Å². The van der Waals surface area contributed by atoms with Crippen LogP contribution in [0.2, 0.25) is 0 Å². The Morgan fingerprint density at radius 3 is 2.10 bits per heavy atom. The van der Waals surface area contributed by atoms with Crippen molar-refractivity contribution < 1.29 is 26.8 Å². The zero-order valence-electron chi connectivity index (χ0n) is 16.7. The summed E-state index contributed by atoms with van der Waals surface area (Å²) in [5.41, 5.74) is 2.18. The minimum atomic E-state index is -3.39. The molecular weight excluding hydrogens is 392 g/mol. The van der Waals surface area contributed by atoms with Gasteiger partial charge in [0.25, 0.3) is 10.1 Å². The first kappa shape index (κ1) is 21.6. The molecule has 1 heterocycles. The fourth-order valence-corrected chi connectivity index (χ4v) is 3.43. The molecule has 0 saturated carbocycles. The van der Waals surface area contributed by atoms with E-state index in [0.29, 0.717) is 13.0 Å². The van der Waals surface area contributed by atoms with Crippen molar-refractivity contribution in [3.05, 3.63) is 59.7 Å². The standard InChI is InChI=1S/C22H28O6S/c1-29(23,24)27-17-14-19-5-9-20(10-6-19)25-16-13-18-7-11-21(12-8-18)28-22-4-2-3-15-26-22/h5-12,22H,2-4,13-17H2,1H3. The van der Waals surface area contributed by atoms with Gasteiger partial charge < -0.3 is 14.2 Å². The van der Waals surface area contributed by atoms with E-state index >= 15 is 0 Å². The summed E-state index contributed by atoms with van der Waals surface area (Å²) in [6.45, 7) is 1.49. The highest BCUT2D eigenvalue weighted by atomic mass is 32.2. The summed E-state index contributed by atoms with van der Waals surface area (Å²) in [5, 5.41) is 0. The van der Waals surface area contributed by atoms with Crippen LogP contribution >= 0.6 is 0 Å². The number of benzene rings is 2. The molecule has 0 aromatic heterocycles. The van der Waals surface area contributed by atoms with Crippen molar-refractivity contribution in [2.24, 2.45) is 0 Å². The zero-order chi connectivity index (χ0) is 20.5. The predicted octanol–water partition coefficient (Wildman–Crippen LogP) is 3.73. The lowest BCUT2D eigenvalue weighted by Crippen LogP contribution is -2.24. The van der Waals surface area contributed by atoms with Gasteiger partial charge in [-0.1, -0.05) is 24.3 Å². The maximum atomic E-state index is 11.0. The van der Waals surface area contributed by atoms with Gasteiger partial charge in [-0.25, -0.2) is 0 Å². The van der Waals surface area contributed by atoms with Crippen LogP contribution in [0, 0.1) is 0 Å². The van der Waals surface area contributed by atoms with Gasteiger partial charge in [-0.2, -0.15) is 8.42 Å². The molecule has 0 amide bonds. The predicted molar refractivity (Wildman–Crippen MR) is 111 cm³/mol. The summed E-state index contributed by atoms with van der Waals surface area (Å²) in [5.74, 6) is 1.61. The third-order valence-corrected chi connectivity index (χ3v) is 5.19. The average Bonchev–Trinajstić information content (AvgIpc) is 2.70. The van der Waals surface area contributed by atoms with Gasteiger partial charge in [0.2, 0.25) is 0 Å². The van der Waals surface area contributed by atoms with Crippen molar-refractivity contribution in [3.63, 3.8) is 0 Å². The topological polar surface area (TPSA) is 71.1 Å². The molecule has 1 unspecified atom stereocenters. The Labute approximate surface area is 172 Å². The highest BCUT2D eigenvalue weighted by Crippen LogP contribution is 2.20. The maximum absolute atomic E-state index is 11.0. The summed E-state index contributed by atoms with van der Waals surface area (Å²) >= 11 is 0. The monoisotopic (exact) mass is 420 g/mol. The van der Waals surface area contributed by atoms with Crippen LogP contribution in [-0.2, 0) is 31.9 Å². The lowest BCUT2D eigenvalue weighted by atomic mass is 10.1. The van der Waals surface area contributed by atoms with Crippen LogP contribution in [0.4, 0.5) is 0 Å². The first-order valence-corrected chi connectivity index (χ1v) is 11.7. The van der Waals surface area contributed by atoms with Crippen LogP contribution in [0.3, 0.4) is 0 Å². The van der Waals surface area contributed by atoms with Gasteiger partial charge in [-0.05, 0) is 54.7 Å². The van der Waals surface area contributed by atoms with Gasteiger partial charge >= 0.3 is 0 Å². The molecule has 1 aliphatic heterocycles. The van der Waals surface area contributed by atoms with Gasteiger partial charge in [0.15, 0.2) is 6.29 Å². The summed E-state index contributed by atoms with van der Waals surface area (Å²) < 4.78 is 43.9. The molecule has 3 rings (SSSR count). The molecule has 2 aromatic carbocycles. The van der Waals surface area contributed by atoms with Gasteiger partial charge in [0, 0.05) is 12.8 Å². The van der Waals surface area contributed by atoms with E-state index in [1.54, 1.807) is 0 Å². The molecule has 7 heteroatoms. The number of rotatable bonds is 10. The highest BCUT2D eigenvalue weighted by Gasteiger charge is 2.14. The van der Waals surface area contributed by atoms with Crippen LogP contribution in [0.5, 0.6) is 11.5 Å². The minimum absolute atomic E-state index is 0.126. The van der Waals surface area contributed by atoms with Crippen LogP contribution in [0.15, 0.2) is 48.5 Å². The second-order valence-corrected chi connectivity index (χ2v) is 8.72. The molecule has 1 fully saturated rings. The highest BCUT2D eigenvalue weighted by molar-refractivity contribution is 7.85. The number of hydrogen-bond donors (Lipinski definition) is 0. The fraction of sp³-hybridized carbons (Fsp3) is 0.455. The van der Waals surface area contributed by atoms with Gasteiger partial charge in [0.1, 0.15) is 11.5 Å². The van der Waals surface area contributed by atoms with Crippen LogP contribution < -0.4 is 9.47 Å². The molecule has 0 spiro atoms. The molecule has 0 bridgehead atoms. The van der Waals surface area contributed by atoms with Crippen molar-refractivity contribution in [1.29, 1.82) is 0 Å². The van der Waals surface area contributed by atoms with Gasteiger partial charge in [-0.15, -0.1) is 0 Å². The van der Waals surface area contributed by atoms with Crippen molar-refractivity contribution in [2.75, 3.05) is 26.1 Å². The van der Waals surface area contributed by atoms with Crippen molar-refractivity contribution >= 4 is 10.1 Å². The largest absolute Gasteiger partial charge is 0.493 e. The number of ether oxygens (including phenoxy) is 3. The molecule has 6 nitrogen and oxygen atoms in total. The molecule has 2 aromatic rings. The van der Waals surface area contributed by atoms with Gasteiger partial charge in [0.05, 0.1) is 26.1 Å². The Morgan fingerprint density at radius 1 is 0.897 bits per heavy atom. The molecule has 0 N–H and O–H groups in total. The first-order chi connectivity index (χ1) is 14.0. The van der Waals surface area contributed by atoms with E-state index in [1.165, 1.54) is 5.56 Å². The van der Waals surface area contributed by atoms with Crippen LogP contribution in [-0.4, -0.2) is 40.8 Å². The van der Waals surface area contributed by atoms with E-state index in [9.17, 15) is 8.42 Å². The maximum Gasteiger partial charge on any atom is 0.264 e. The molecule has 0 radical (unpaired) electrons. The zero-order valence-corrected chi connectivity index (χ0v) is 17.5. The summed E-state index contributed by atoms with van der Waals surface area (Å²) in [6.07, 6.45) is 5.46. The van der Waals surface area contributed by atoms with E-state index in [1.807, 2.05) is 48.5 Å². The minimum Gasteiger partial charge on any atom is -0.493 e. The third kappa shape index (κ3) is 8.04. The molecule has 0 aliphatic carbocycles. The molecule has 1 atom stereocenters. The molecule has 1 aliphatic rings. The molecule has 1 saturated heterocycles. The Kier molecular flexibility index (Phi) is 7.91. The third-order valence-electron chi connectivity index (χ3n) is 4.60. The Balaban J connectivity index is 1.38. The van der Waals surface area contributed by atoms with Crippen LogP contribution in [0.1, 0.15) is 30.4 Å². The first-order valence-electron chi connectivity index (χ1n) is 9.91. The lowest BCUT2D eigenvalue weighted by Gasteiger charge is -2.23. The van der Waals surface area contributed by atoms with Crippen molar-refractivity contribution in [2.45, 2.75) is 38.4 Å². The van der Waals surface area contributed by atoms with Crippen LogP contribution in [0.25, 0.3) is 0 Å². The summed E-state index contributed by atoms with van der Waals surface area (Å²) in [4.78, 5) is 0. The van der Waals surface area contributed by atoms with E-state index in [-0.39, 0.29) is 12.9 Å². The van der Waals surface area contributed by atoms with Crippen molar-refractivity contribution in [1.82, 2.24) is 0 Å². The van der Waals surface area contributed by atoms with E-state index < -0.39 is 10.1 Å². The normalized spacial score (nSPS) is 17.1. The molecule has 158 valence electrons. The van der Waals surface area contributed by atoms with E-state index in [2.05, 4.69) is 0 Å². The second-order valence-electron chi connectivity index (χ2n) is 7.08. The Morgan fingerprint density at radius 2 is 1.52 bits per heavy atom. The van der Waals surface area contributed by atoms with Gasteiger partial charge in [-0.3, -0.25) is 4.18 Å².